The van der Waals surface area contributed by atoms with Gasteiger partial charge in [0.25, 0.3) is 0 Å². The molecule has 0 N–H and O–H groups in total. The molecule has 0 saturated heterocycles. The number of halogens is 1. The second-order valence-electron chi connectivity index (χ2n) is 3.17. The SMILES string of the molecule is O=[N+]([O-])c1ccc(Oc2cccc(F)c2)cn1. The molecule has 0 amide bonds. The van der Waals surface area contributed by atoms with Crippen LogP contribution in [0.5, 0.6) is 11.5 Å². The monoisotopic (exact) mass is 234 g/mol. The summed E-state index contributed by atoms with van der Waals surface area (Å²) >= 11 is 0. The molecule has 0 aliphatic rings. The lowest BCUT2D eigenvalue weighted by molar-refractivity contribution is -0.389. The summed E-state index contributed by atoms with van der Waals surface area (Å²) < 4.78 is 18.1. The third kappa shape index (κ3) is 2.75. The second-order valence-corrected chi connectivity index (χ2v) is 3.17. The van der Waals surface area contributed by atoms with Crippen molar-refractivity contribution in [3.63, 3.8) is 0 Å². The fourth-order valence-electron chi connectivity index (χ4n) is 1.21. The third-order valence-electron chi connectivity index (χ3n) is 1.94. The molecule has 0 saturated carbocycles. The van der Waals surface area contributed by atoms with Crippen molar-refractivity contribution < 1.29 is 14.1 Å². The van der Waals surface area contributed by atoms with E-state index in [-0.39, 0.29) is 5.82 Å². The quantitative estimate of drug-likeness (QED) is 0.605. The summed E-state index contributed by atoms with van der Waals surface area (Å²) in [6.07, 6.45) is 1.21. The zero-order valence-corrected chi connectivity index (χ0v) is 8.54. The molecule has 0 atom stereocenters. The van der Waals surface area contributed by atoms with Crippen LogP contribution in [0.25, 0.3) is 0 Å². The van der Waals surface area contributed by atoms with E-state index >= 15 is 0 Å². The first kappa shape index (κ1) is 11.0. The number of aromatic nitrogens is 1. The maximum absolute atomic E-state index is 12.9. The molecule has 6 heteroatoms. The van der Waals surface area contributed by atoms with Gasteiger partial charge in [0, 0.05) is 12.1 Å². The summed E-state index contributed by atoms with van der Waals surface area (Å²) in [4.78, 5) is 13.3. The lowest BCUT2D eigenvalue weighted by Gasteiger charge is -2.03. The smallest absolute Gasteiger partial charge is 0.363 e. The Labute approximate surface area is 95.6 Å². The Hall–Kier alpha value is -2.50. The zero-order valence-electron chi connectivity index (χ0n) is 8.54. The Bertz CT molecular complexity index is 543. The van der Waals surface area contributed by atoms with Gasteiger partial charge < -0.3 is 14.9 Å². The number of ether oxygens (including phenoxy) is 1. The van der Waals surface area contributed by atoms with E-state index in [9.17, 15) is 14.5 Å². The van der Waals surface area contributed by atoms with Gasteiger partial charge in [-0.3, -0.25) is 0 Å². The van der Waals surface area contributed by atoms with Crippen LogP contribution >= 0.6 is 0 Å². The molecule has 0 spiro atoms. The van der Waals surface area contributed by atoms with E-state index in [1.807, 2.05) is 0 Å². The highest BCUT2D eigenvalue weighted by Crippen LogP contribution is 2.22. The molecular weight excluding hydrogens is 227 g/mol. The molecule has 1 aromatic carbocycles. The van der Waals surface area contributed by atoms with Crippen LogP contribution < -0.4 is 4.74 Å². The molecule has 0 aliphatic heterocycles. The van der Waals surface area contributed by atoms with Crippen LogP contribution in [-0.2, 0) is 0 Å². The maximum atomic E-state index is 12.9. The average Bonchev–Trinajstić information content (AvgIpc) is 2.29. The summed E-state index contributed by atoms with van der Waals surface area (Å²) in [6, 6.07) is 8.20. The Morgan fingerprint density at radius 3 is 2.65 bits per heavy atom. The minimum atomic E-state index is -0.605. The molecule has 2 aromatic rings. The number of nitro groups is 1. The van der Waals surface area contributed by atoms with Crippen LogP contribution in [-0.4, -0.2) is 9.91 Å². The molecule has 1 heterocycles. The topological polar surface area (TPSA) is 65.3 Å². The molecular formula is C11H7FN2O3. The van der Waals surface area contributed by atoms with Crippen molar-refractivity contribution in [1.82, 2.24) is 4.98 Å². The van der Waals surface area contributed by atoms with Gasteiger partial charge in [-0.1, -0.05) is 6.07 Å². The highest BCUT2D eigenvalue weighted by atomic mass is 19.1. The molecule has 17 heavy (non-hydrogen) atoms. The summed E-state index contributed by atoms with van der Waals surface area (Å²) in [7, 11) is 0. The predicted molar refractivity (Wildman–Crippen MR) is 57.4 cm³/mol. The van der Waals surface area contributed by atoms with E-state index in [1.165, 1.54) is 36.5 Å². The van der Waals surface area contributed by atoms with Gasteiger partial charge in [0.1, 0.15) is 11.6 Å². The van der Waals surface area contributed by atoms with E-state index in [0.29, 0.717) is 11.5 Å². The number of nitrogens with zero attached hydrogens (tertiary/aromatic N) is 2. The first-order valence-electron chi connectivity index (χ1n) is 4.69. The van der Waals surface area contributed by atoms with Crippen LogP contribution in [0.1, 0.15) is 0 Å². The molecule has 86 valence electrons. The van der Waals surface area contributed by atoms with Crippen molar-refractivity contribution in [3.05, 3.63) is 58.5 Å². The van der Waals surface area contributed by atoms with Gasteiger partial charge in [-0.15, -0.1) is 0 Å². The van der Waals surface area contributed by atoms with Crippen LogP contribution in [0.3, 0.4) is 0 Å². The lowest BCUT2D eigenvalue weighted by atomic mass is 10.3. The number of pyridine rings is 1. The molecule has 0 radical (unpaired) electrons. The Balaban J connectivity index is 2.16. The lowest BCUT2D eigenvalue weighted by Crippen LogP contribution is -1.92. The molecule has 0 unspecified atom stereocenters. The van der Waals surface area contributed by atoms with Crippen LogP contribution in [0.4, 0.5) is 10.2 Å². The van der Waals surface area contributed by atoms with Crippen molar-refractivity contribution in [3.8, 4) is 11.5 Å². The Morgan fingerprint density at radius 1 is 1.24 bits per heavy atom. The van der Waals surface area contributed by atoms with E-state index in [4.69, 9.17) is 4.74 Å². The van der Waals surface area contributed by atoms with Gasteiger partial charge in [-0.2, -0.15) is 0 Å². The maximum Gasteiger partial charge on any atom is 0.363 e. The van der Waals surface area contributed by atoms with E-state index in [0.717, 1.165) is 0 Å². The van der Waals surface area contributed by atoms with Crippen LogP contribution in [0, 0.1) is 15.9 Å². The fourth-order valence-corrected chi connectivity index (χ4v) is 1.21. The molecule has 0 fully saturated rings. The van der Waals surface area contributed by atoms with Crippen molar-refractivity contribution >= 4 is 5.82 Å². The predicted octanol–water partition coefficient (Wildman–Crippen LogP) is 2.92. The summed E-state index contributed by atoms with van der Waals surface area (Å²) in [5.74, 6) is -0.0733. The first-order chi connectivity index (χ1) is 8.15. The van der Waals surface area contributed by atoms with Gasteiger partial charge in [0.2, 0.25) is 0 Å². The van der Waals surface area contributed by atoms with Crippen molar-refractivity contribution in [2.75, 3.05) is 0 Å². The normalized spacial score (nSPS) is 9.94. The number of hydrogen-bond donors (Lipinski definition) is 0. The molecule has 0 bridgehead atoms. The van der Waals surface area contributed by atoms with Crippen molar-refractivity contribution in [2.24, 2.45) is 0 Å². The van der Waals surface area contributed by atoms with Gasteiger partial charge in [-0.05, 0) is 28.1 Å². The number of rotatable bonds is 3. The van der Waals surface area contributed by atoms with Crippen molar-refractivity contribution in [1.29, 1.82) is 0 Å². The second kappa shape index (κ2) is 4.56. The van der Waals surface area contributed by atoms with Crippen molar-refractivity contribution in [2.45, 2.75) is 0 Å². The van der Waals surface area contributed by atoms with E-state index in [1.54, 1.807) is 6.07 Å². The average molecular weight is 234 g/mol. The minimum absolute atomic E-state index is 0.267. The van der Waals surface area contributed by atoms with Crippen LogP contribution in [0.2, 0.25) is 0 Å². The highest BCUT2D eigenvalue weighted by Gasteiger charge is 2.07. The standard InChI is InChI=1S/C11H7FN2O3/c12-8-2-1-3-9(6-8)17-10-4-5-11(13-7-10)14(15)16/h1-7H. The number of benzene rings is 1. The van der Waals surface area contributed by atoms with E-state index < -0.39 is 10.7 Å². The molecule has 2 rings (SSSR count). The fraction of sp³-hybridized carbons (Fsp3) is 0. The van der Waals surface area contributed by atoms with Gasteiger partial charge in [-0.25, -0.2) is 4.39 Å². The first-order valence-corrected chi connectivity index (χ1v) is 4.69. The Morgan fingerprint density at radius 2 is 2.06 bits per heavy atom. The molecule has 0 aliphatic carbocycles. The van der Waals surface area contributed by atoms with Gasteiger partial charge >= 0.3 is 5.82 Å². The zero-order chi connectivity index (χ0) is 12.3. The third-order valence-corrected chi connectivity index (χ3v) is 1.94. The summed E-state index contributed by atoms with van der Waals surface area (Å²) in [5, 5.41) is 10.4. The van der Waals surface area contributed by atoms with E-state index in [2.05, 4.69) is 4.98 Å². The summed E-state index contributed by atoms with van der Waals surface area (Å²) in [5.41, 5.74) is 0. The summed E-state index contributed by atoms with van der Waals surface area (Å²) in [6.45, 7) is 0. The Kier molecular flexibility index (Phi) is 2.95. The van der Waals surface area contributed by atoms with Crippen LogP contribution in [0.15, 0.2) is 42.6 Å². The molecule has 1 aromatic heterocycles. The van der Waals surface area contributed by atoms with Gasteiger partial charge in [0.05, 0.1) is 0 Å². The number of hydrogen-bond acceptors (Lipinski definition) is 4. The largest absolute Gasteiger partial charge is 0.453 e. The minimum Gasteiger partial charge on any atom is -0.453 e. The van der Waals surface area contributed by atoms with Gasteiger partial charge in [0.15, 0.2) is 11.9 Å². The molecule has 5 nitrogen and oxygen atoms in total. The highest BCUT2D eigenvalue weighted by molar-refractivity contribution is 5.32.